The maximum absolute atomic E-state index is 5.58. The molecule has 0 N–H and O–H groups in total. The normalized spacial score (nSPS) is 18.6. The summed E-state index contributed by atoms with van der Waals surface area (Å²) in [6.45, 7) is 2.13. The van der Waals surface area contributed by atoms with Crippen molar-refractivity contribution in [2.24, 2.45) is 0 Å². The van der Waals surface area contributed by atoms with Crippen molar-refractivity contribution in [2.75, 3.05) is 0 Å². The minimum Gasteiger partial charge on any atom is -0.484 e. The maximum Gasteiger partial charge on any atom is 0.160 e. The van der Waals surface area contributed by atoms with E-state index in [2.05, 4.69) is 6.92 Å². The minimum absolute atomic E-state index is 0.453. The molecular formula is C9H16OS. The second-order valence-corrected chi connectivity index (χ2v) is 3.60. The lowest BCUT2D eigenvalue weighted by molar-refractivity contribution is 0.196. The van der Waals surface area contributed by atoms with Gasteiger partial charge in [0, 0.05) is 6.42 Å². The van der Waals surface area contributed by atoms with Crippen molar-refractivity contribution in [3.05, 3.63) is 0 Å². The zero-order valence-electron chi connectivity index (χ0n) is 7.14. The average molecular weight is 172 g/mol. The lowest BCUT2D eigenvalue weighted by Crippen LogP contribution is -2.12. The van der Waals surface area contributed by atoms with Crippen LogP contribution in [0.25, 0.3) is 0 Å². The Bertz CT molecular complexity index is 128. The van der Waals surface area contributed by atoms with Crippen LogP contribution in [0.15, 0.2) is 0 Å². The molecule has 0 heterocycles. The molecule has 0 aromatic rings. The van der Waals surface area contributed by atoms with Crippen LogP contribution in [0.5, 0.6) is 0 Å². The first-order valence-corrected chi connectivity index (χ1v) is 4.93. The molecule has 1 aliphatic rings. The fraction of sp³-hybridized carbons (Fsp3) is 0.889. The highest BCUT2D eigenvalue weighted by Gasteiger charge is 2.16. The molecule has 0 aliphatic heterocycles. The summed E-state index contributed by atoms with van der Waals surface area (Å²) in [6, 6.07) is 0. The fourth-order valence-corrected chi connectivity index (χ4v) is 1.80. The fourth-order valence-electron chi connectivity index (χ4n) is 1.46. The quantitative estimate of drug-likeness (QED) is 0.605. The topological polar surface area (TPSA) is 9.23 Å². The molecule has 2 heteroatoms. The van der Waals surface area contributed by atoms with Crippen LogP contribution in [0.1, 0.15) is 45.4 Å². The highest BCUT2D eigenvalue weighted by Crippen LogP contribution is 2.21. The van der Waals surface area contributed by atoms with E-state index < -0.39 is 0 Å². The van der Waals surface area contributed by atoms with Crippen molar-refractivity contribution in [2.45, 2.75) is 51.6 Å². The van der Waals surface area contributed by atoms with Crippen LogP contribution in [-0.4, -0.2) is 11.2 Å². The minimum atomic E-state index is 0.453. The monoisotopic (exact) mass is 172 g/mol. The molecule has 0 unspecified atom stereocenters. The van der Waals surface area contributed by atoms with Crippen LogP contribution in [0.4, 0.5) is 0 Å². The van der Waals surface area contributed by atoms with Crippen molar-refractivity contribution < 1.29 is 4.74 Å². The third-order valence-electron chi connectivity index (χ3n) is 2.05. The van der Waals surface area contributed by atoms with Gasteiger partial charge in [-0.15, -0.1) is 0 Å². The van der Waals surface area contributed by atoms with E-state index in [1.165, 1.54) is 25.7 Å². The van der Waals surface area contributed by atoms with Gasteiger partial charge in [-0.1, -0.05) is 6.92 Å². The SMILES string of the molecule is CCCC(=S)OC1CCCC1. The molecule has 0 saturated heterocycles. The van der Waals surface area contributed by atoms with Crippen molar-refractivity contribution in [1.82, 2.24) is 0 Å². The molecule has 0 spiro atoms. The van der Waals surface area contributed by atoms with Crippen LogP contribution in [-0.2, 0) is 4.74 Å². The molecule has 0 radical (unpaired) electrons. The summed E-state index contributed by atoms with van der Waals surface area (Å²) < 4.78 is 5.58. The summed E-state index contributed by atoms with van der Waals surface area (Å²) in [7, 11) is 0. The van der Waals surface area contributed by atoms with Crippen molar-refractivity contribution in [3.8, 4) is 0 Å². The van der Waals surface area contributed by atoms with Gasteiger partial charge in [0.25, 0.3) is 0 Å². The van der Waals surface area contributed by atoms with E-state index in [0.717, 1.165) is 17.9 Å². The van der Waals surface area contributed by atoms with Crippen LogP contribution >= 0.6 is 12.2 Å². The van der Waals surface area contributed by atoms with Crippen LogP contribution in [0.3, 0.4) is 0 Å². The summed E-state index contributed by atoms with van der Waals surface area (Å²) in [6.07, 6.45) is 7.57. The molecule has 0 amide bonds. The predicted octanol–water partition coefficient (Wildman–Crippen LogP) is 3.07. The molecule has 0 aromatic carbocycles. The Morgan fingerprint density at radius 3 is 2.64 bits per heavy atom. The summed E-state index contributed by atoms with van der Waals surface area (Å²) in [5, 5.41) is 0.819. The summed E-state index contributed by atoms with van der Waals surface area (Å²) in [5.41, 5.74) is 0. The molecule has 1 aliphatic carbocycles. The van der Waals surface area contributed by atoms with E-state index in [9.17, 15) is 0 Å². The van der Waals surface area contributed by atoms with Gasteiger partial charge in [0.15, 0.2) is 5.05 Å². The zero-order chi connectivity index (χ0) is 8.10. The lowest BCUT2D eigenvalue weighted by Gasteiger charge is -2.12. The highest BCUT2D eigenvalue weighted by atomic mass is 32.1. The van der Waals surface area contributed by atoms with Crippen molar-refractivity contribution in [3.63, 3.8) is 0 Å². The van der Waals surface area contributed by atoms with Crippen molar-refractivity contribution >= 4 is 17.3 Å². The summed E-state index contributed by atoms with van der Waals surface area (Å²) >= 11 is 5.07. The number of rotatable bonds is 3. The molecule has 0 aromatic heterocycles. The molecule has 64 valence electrons. The van der Waals surface area contributed by atoms with Crippen LogP contribution in [0.2, 0.25) is 0 Å². The number of thiocarbonyl (C=S) groups is 1. The van der Waals surface area contributed by atoms with Crippen LogP contribution in [0, 0.1) is 0 Å². The number of hydrogen-bond acceptors (Lipinski definition) is 2. The number of ether oxygens (including phenoxy) is 1. The van der Waals surface area contributed by atoms with E-state index in [0.29, 0.717) is 6.10 Å². The van der Waals surface area contributed by atoms with Crippen LogP contribution < -0.4 is 0 Å². The molecule has 1 nitrogen and oxygen atoms in total. The first-order chi connectivity index (χ1) is 5.33. The van der Waals surface area contributed by atoms with E-state index in [1.54, 1.807) is 0 Å². The molecular weight excluding hydrogens is 156 g/mol. The largest absolute Gasteiger partial charge is 0.484 e. The van der Waals surface area contributed by atoms with Gasteiger partial charge in [0.1, 0.15) is 0 Å². The van der Waals surface area contributed by atoms with Gasteiger partial charge < -0.3 is 4.74 Å². The highest BCUT2D eigenvalue weighted by molar-refractivity contribution is 7.80. The van der Waals surface area contributed by atoms with Gasteiger partial charge in [-0.3, -0.25) is 0 Å². The second-order valence-electron chi connectivity index (χ2n) is 3.15. The molecule has 1 fully saturated rings. The first kappa shape index (κ1) is 8.98. The maximum atomic E-state index is 5.58. The Kier molecular flexibility index (Phi) is 3.84. The van der Waals surface area contributed by atoms with Gasteiger partial charge in [-0.2, -0.15) is 0 Å². The third kappa shape index (κ3) is 3.19. The molecule has 0 bridgehead atoms. The Morgan fingerprint density at radius 1 is 1.45 bits per heavy atom. The van der Waals surface area contributed by atoms with E-state index in [1.807, 2.05) is 0 Å². The summed E-state index contributed by atoms with van der Waals surface area (Å²) in [4.78, 5) is 0. The predicted molar refractivity (Wildman–Crippen MR) is 50.8 cm³/mol. The molecule has 0 atom stereocenters. The smallest absolute Gasteiger partial charge is 0.160 e. The third-order valence-corrected chi connectivity index (χ3v) is 2.35. The lowest BCUT2D eigenvalue weighted by atomic mass is 10.3. The van der Waals surface area contributed by atoms with E-state index >= 15 is 0 Å². The van der Waals surface area contributed by atoms with Gasteiger partial charge in [0.2, 0.25) is 0 Å². The Hall–Kier alpha value is -0.110. The Balaban J connectivity index is 2.13. The van der Waals surface area contributed by atoms with E-state index in [-0.39, 0.29) is 0 Å². The standard InChI is InChI=1S/C9H16OS/c1-2-5-9(11)10-8-6-3-4-7-8/h8H,2-7H2,1H3. The Labute approximate surface area is 74.1 Å². The first-order valence-electron chi connectivity index (χ1n) is 4.52. The molecule has 11 heavy (non-hydrogen) atoms. The van der Waals surface area contributed by atoms with Crippen molar-refractivity contribution in [1.29, 1.82) is 0 Å². The molecule has 1 rings (SSSR count). The average Bonchev–Trinajstić information content (AvgIpc) is 2.40. The second kappa shape index (κ2) is 4.70. The summed E-state index contributed by atoms with van der Waals surface area (Å²) in [5.74, 6) is 0. The zero-order valence-corrected chi connectivity index (χ0v) is 7.95. The van der Waals surface area contributed by atoms with Gasteiger partial charge in [-0.25, -0.2) is 0 Å². The van der Waals surface area contributed by atoms with Gasteiger partial charge in [0.05, 0.1) is 6.10 Å². The Morgan fingerprint density at radius 2 is 2.09 bits per heavy atom. The number of hydrogen-bond donors (Lipinski definition) is 0. The van der Waals surface area contributed by atoms with Gasteiger partial charge in [-0.05, 0) is 44.3 Å². The van der Waals surface area contributed by atoms with Gasteiger partial charge >= 0.3 is 0 Å². The van der Waals surface area contributed by atoms with E-state index in [4.69, 9.17) is 17.0 Å². The molecule has 1 saturated carbocycles.